The molecular formula is C17H22N4O3S. The van der Waals surface area contributed by atoms with E-state index in [-0.39, 0.29) is 11.7 Å². The number of nitrogens with zero attached hydrogens (tertiary/aromatic N) is 3. The summed E-state index contributed by atoms with van der Waals surface area (Å²) in [5, 5.41) is 11.3. The van der Waals surface area contributed by atoms with Gasteiger partial charge in [-0.3, -0.25) is 9.69 Å². The van der Waals surface area contributed by atoms with Crippen LogP contribution in [-0.4, -0.2) is 59.6 Å². The van der Waals surface area contributed by atoms with E-state index in [0.717, 1.165) is 44.1 Å². The van der Waals surface area contributed by atoms with Gasteiger partial charge < -0.3 is 14.5 Å². The molecule has 0 saturated carbocycles. The molecule has 2 heterocycles. The fourth-order valence-corrected chi connectivity index (χ4v) is 3.02. The lowest BCUT2D eigenvalue weighted by Crippen LogP contribution is -2.37. The number of aryl methyl sites for hydroxylation is 1. The highest BCUT2D eigenvalue weighted by molar-refractivity contribution is 7.99. The van der Waals surface area contributed by atoms with Crippen molar-refractivity contribution < 1.29 is 13.9 Å². The Bertz CT molecular complexity index is 683. The van der Waals surface area contributed by atoms with Gasteiger partial charge in [0.25, 0.3) is 5.22 Å². The summed E-state index contributed by atoms with van der Waals surface area (Å²) in [4.78, 5) is 14.3. The average molecular weight is 362 g/mol. The summed E-state index contributed by atoms with van der Waals surface area (Å²) in [6, 6.07) is 7.69. The predicted molar refractivity (Wildman–Crippen MR) is 95.8 cm³/mol. The normalized spacial score (nSPS) is 15.2. The molecule has 25 heavy (non-hydrogen) atoms. The highest BCUT2D eigenvalue weighted by atomic mass is 32.2. The van der Waals surface area contributed by atoms with Gasteiger partial charge in [0.05, 0.1) is 19.0 Å². The number of benzene rings is 1. The standard InChI is InChI=1S/C17H22N4O3S/c1-13-2-4-14(5-3-13)18-15(22)12-25-17-20-19-16(24-17)6-7-21-8-10-23-11-9-21/h2-5H,6-12H2,1H3,(H,18,22). The maximum absolute atomic E-state index is 12.0. The molecule has 0 aliphatic carbocycles. The van der Waals surface area contributed by atoms with Crippen molar-refractivity contribution in [3.05, 3.63) is 35.7 Å². The van der Waals surface area contributed by atoms with Crippen molar-refractivity contribution in [3.8, 4) is 0 Å². The number of nitrogens with one attached hydrogen (secondary N) is 1. The Hall–Kier alpha value is -1.90. The van der Waals surface area contributed by atoms with Gasteiger partial charge >= 0.3 is 0 Å². The number of hydrogen-bond acceptors (Lipinski definition) is 7. The number of rotatable bonds is 7. The third kappa shape index (κ3) is 5.84. The van der Waals surface area contributed by atoms with Crippen LogP contribution in [0.1, 0.15) is 11.5 Å². The monoisotopic (exact) mass is 362 g/mol. The Kier molecular flexibility index (Phi) is 6.43. The molecule has 0 atom stereocenters. The first-order chi connectivity index (χ1) is 12.2. The average Bonchev–Trinajstić information content (AvgIpc) is 3.09. The van der Waals surface area contributed by atoms with Crippen LogP contribution in [0.3, 0.4) is 0 Å². The molecular weight excluding hydrogens is 340 g/mol. The van der Waals surface area contributed by atoms with Crippen LogP contribution in [0.5, 0.6) is 0 Å². The Morgan fingerprint density at radius 2 is 2.00 bits per heavy atom. The second-order valence-electron chi connectivity index (χ2n) is 5.87. The van der Waals surface area contributed by atoms with Crippen molar-refractivity contribution >= 4 is 23.4 Å². The number of amides is 1. The molecule has 1 fully saturated rings. The van der Waals surface area contributed by atoms with E-state index in [1.807, 2.05) is 31.2 Å². The molecule has 0 spiro atoms. The molecule has 7 nitrogen and oxygen atoms in total. The van der Waals surface area contributed by atoms with E-state index >= 15 is 0 Å². The zero-order valence-electron chi connectivity index (χ0n) is 14.2. The SMILES string of the molecule is Cc1ccc(NC(=O)CSc2nnc(CCN3CCOCC3)o2)cc1. The van der Waals surface area contributed by atoms with Gasteiger partial charge in [-0.25, -0.2) is 0 Å². The topological polar surface area (TPSA) is 80.5 Å². The number of hydrogen-bond donors (Lipinski definition) is 1. The minimum atomic E-state index is -0.0954. The third-order valence-electron chi connectivity index (χ3n) is 3.86. The van der Waals surface area contributed by atoms with Crippen LogP contribution in [0.4, 0.5) is 5.69 Å². The molecule has 1 aromatic carbocycles. The van der Waals surface area contributed by atoms with Gasteiger partial charge in [0, 0.05) is 31.7 Å². The summed E-state index contributed by atoms with van der Waals surface area (Å²) in [5.74, 6) is 0.744. The van der Waals surface area contributed by atoms with Gasteiger partial charge in [-0.05, 0) is 19.1 Å². The van der Waals surface area contributed by atoms with Crippen molar-refractivity contribution in [2.75, 3.05) is 43.9 Å². The summed E-state index contributed by atoms with van der Waals surface area (Å²) in [6.07, 6.45) is 0.711. The number of ether oxygens (including phenoxy) is 1. The van der Waals surface area contributed by atoms with Gasteiger partial charge in [-0.1, -0.05) is 29.5 Å². The van der Waals surface area contributed by atoms with Crippen molar-refractivity contribution in [2.24, 2.45) is 0 Å². The lowest BCUT2D eigenvalue weighted by atomic mass is 10.2. The minimum absolute atomic E-state index is 0.0954. The lowest BCUT2D eigenvalue weighted by Gasteiger charge is -2.25. The van der Waals surface area contributed by atoms with Crippen LogP contribution < -0.4 is 5.32 Å². The first-order valence-corrected chi connectivity index (χ1v) is 9.29. The maximum Gasteiger partial charge on any atom is 0.277 e. The molecule has 134 valence electrons. The largest absolute Gasteiger partial charge is 0.416 e. The molecule has 1 aliphatic rings. The number of carbonyl (C=O) groups excluding carboxylic acids is 1. The molecule has 1 amide bonds. The van der Waals surface area contributed by atoms with E-state index < -0.39 is 0 Å². The second kappa shape index (κ2) is 8.98. The first kappa shape index (κ1) is 17.9. The maximum atomic E-state index is 12.0. The second-order valence-corrected chi connectivity index (χ2v) is 6.80. The molecule has 1 N–H and O–H groups in total. The minimum Gasteiger partial charge on any atom is -0.416 e. The summed E-state index contributed by atoms with van der Waals surface area (Å²) in [6.45, 7) is 6.32. The molecule has 0 radical (unpaired) electrons. The van der Waals surface area contributed by atoms with E-state index in [4.69, 9.17) is 9.15 Å². The molecule has 0 unspecified atom stereocenters. The molecule has 1 aliphatic heterocycles. The van der Waals surface area contributed by atoms with Crippen LogP contribution >= 0.6 is 11.8 Å². The van der Waals surface area contributed by atoms with Crippen molar-refractivity contribution in [1.29, 1.82) is 0 Å². The summed E-state index contributed by atoms with van der Waals surface area (Å²) >= 11 is 1.25. The summed E-state index contributed by atoms with van der Waals surface area (Å²) in [7, 11) is 0. The summed E-state index contributed by atoms with van der Waals surface area (Å²) < 4.78 is 10.9. The molecule has 3 rings (SSSR count). The molecule has 1 aromatic heterocycles. The lowest BCUT2D eigenvalue weighted by molar-refractivity contribution is -0.113. The van der Waals surface area contributed by atoms with Crippen LogP contribution in [-0.2, 0) is 16.0 Å². The number of anilines is 1. The highest BCUT2D eigenvalue weighted by Crippen LogP contribution is 2.17. The van der Waals surface area contributed by atoms with Gasteiger partial charge in [0.15, 0.2) is 0 Å². The van der Waals surface area contributed by atoms with Crippen molar-refractivity contribution in [1.82, 2.24) is 15.1 Å². The highest BCUT2D eigenvalue weighted by Gasteiger charge is 2.13. The number of thioether (sulfide) groups is 1. The van der Waals surface area contributed by atoms with E-state index in [9.17, 15) is 4.79 Å². The molecule has 8 heteroatoms. The van der Waals surface area contributed by atoms with Crippen molar-refractivity contribution in [2.45, 2.75) is 18.6 Å². The van der Waals surface area contributed by atoms with E-state index in [2.05, 4.69) is 20.4 Å². The van der Waals surface area contributed by atoms with E-state index in [1.54, 1.807) is 0 Å². The zero-order valence-corrected chi connectivity index (χ0v) is 15.1. The van der Waals surface area contributed by atoms with Gasteiger partial charge in [0.1, 0.15) is 0 Å². The van der Waals surface area contributed by atoms with Gasteiger partial charge in [-0.2, -0.15) is 0 Å². The van der Waals surface area contributed by atoms with Crippen LogP contribution in [0.15, 0.2) is 33.9 Å². The Morgan fingerprint density at radius 3 is 2.76 bits per heavy atom. The quantitative estimate of drug-likeness (QED) is 0.754. The Balaban J connectivity index is 1.40. The van der Waals surface area contributed by atoms with E-state index in [0.29, 0.717) is 17.5 Å². The molecule has 2 aromatic rings. The van der Waals surface area contributed by atoms with Gasteiger partial charge in [-0.15, -0.1) is 10.2 Å². The number of aromatic nitrogens is 2. The van der Waals surface area contributed by atoms with Crippen molar-refractivity contribution in [3.63, 3.8) is 0 Å². The third-order valence-corrected chi connectivity index (χ3v) is 4.67. The van der Waals surface area contributed by atoms with Crippen LogP contribution in [0.2, 0.25) is 0 Å². The fraction of sp³-hybridized carbons (Fsp3) is 0.471. The molecule has 0 bridgehead atoms. The zero-order chi connectivity index (χ0) is 17.5. The fourth-order valence-electron chi connectivity index (χ4n) is 2.44. The van der Waals surface area contributed by atoms with Crippen LogP contribution in [0.25, 0.3) is 0 Å². The first-order valence-electron chi connectivity index (χ1n) is 8.31. The smallest absolute Gasteiger partial charge is 0.277 e. The summed E-state index contributed by atoms with van der Waals surface area (Å²) in [5.41, 5.74) is 1.94. The van der Waals surface area contributed by atoms with E-state index in [1.165, 1.54) is 11.8 Å². The number of morpholine rings is 1. The number of carbonyl (C=O) groups is 1. The Morgan fingerprint density at radius 1 is 1.24 bits per heavy atom. The van der Waals surface area contributed by atoms with Crippen LogP contribution in [0, 0.1) is 6.92 Å². The Labute approximate surface area is 151 Å². The predicted octanol–water partition coefficient (Wildman–Crippen LogP) is 1.98. The van der Waals surface area contributed by atoms with Gasteiger partial charge in [0.2, 0.25) is 11.8 Å². The molecule has 1 saturated heterocycles.